The first kappa shape index (κ1) is 17.6. The van der Waals surface area contributed by atoms with Gasteiger partial charge in [-0.05, 0) is 38.4 Å². The largest absolute Gasteiger partial charge is 0.411 e. The first-order valence-electron chi connectivity index (χ1n) is 6.66. The Morgan fingerprint density at radius 2 is 1.89 bits per heavy atom. The molecule has 18 heavy (non-hydrogen) atoms. The van der Waals surface area contributed by atoms with Crippen molar-refractivity contribution in [1.29, 1.82) is 0 Å². The van der Waals surface area contributed by atoms with Crippen LogP contribution in [0.25, 0.3) is 0 Å². The Balaban J connectivity index is 4.80. The van der Waals surface area contributed by atoms with Crippen LogP contribution in [-0.4, -0.2) is 25.6 Å². The molecule has 0 spiro atoms. The van der Waals surface area contributed by atoms with E-state index in [1.165, 1.54) is 0 Å². The van der Waals surface area contributed by atoms with Crippen molar-refractivity contribution in [3.8, 4) is 0 Å². The van der Waals surface area contributed by atoms with Gasteiger partial charge in [-0.1, -0.05) is 45.1 Å². The lowest BCUT2D eigenvalue weighted by Crippen LogP contribution is -2.46. The molecule has 0 aliphatic carbocycles. The average Bonchev–Trinajstić information content (AvgIpc) is 2.21. The van der Waals surface area contributed by atoms with E-state index in [-0.39, 0.29) is 11.1 Å². The highest BCUT2D eigenvalue weighted by molar-refractivity contribution is 6.74. The topological polar surface area (TPSA) is 29.5 Å². The Morgan fingerprint density at radius 3 is 2.22 bits per heavy atom. The molecule has 0 heterocycles. The Morgan fingerprint density at radius 1 is 1.39 bits per heavy atom. The van der Waals surface area contributed by atoms with Gasteiger partial charge in [-0.15, -0.1) is 0 Å². The van der Waals surface area contributed by atoms with Crippen LogP contribution >= 0.6 is 0 Å². The lowest BCUT2D eigenvalue weighted by atomic mass is 10.1. The summed E-state index contributed by atoms with van der Waals surface area (Å²) in [6.45, 7) is 18.6. The van der Waals surface area contributed by atoms with Gasteiger partial charge < -0.3 is 9.53 Å². The Bertz CT molecular complexity index is 298. The zero-order valence-electron chi connectivity index (χ0n) is 13.1. The second-order valence-corrected chi connectivity index (χ2v) is 11.3. The second kappa shape index (κ2) is 6.69. The van der Waals surface area contributed by atoms with Gasteiger partial charge in [0.15, 0.2) is 8.32 Å². The van der Waals surface area contributed by atoms with Crippen LogP contribution in [0.2, 0.25) is 18.1 Å². The predicted molar refractivity (Wildman–Crippen MR) is 82.3 cm³/mol. The third kappa shape index (κ3) is 5.51. The van der Waals surface area contributed by atoms with E-state index in [0.29, 0.717) is 0 Å². The van der Waals surface area contributed by atoms with Crippen LogP contribution in [0.5, 0.6) is 0 Å². The van der Waals surface area contributed by atoms with Crippen molar-refractivity contribution in [3.63, 3.8) is 0 Å². The molecule has 0 radical (unpaired) electrons. The number of hydrogen-bond donors (Lipinski definition) is 1. The molecule has 0 saturated carbocycles. The fourth-order valence-corrected chi connectivity index (χ4v) is 2.69. The molecule has 0 aromatic carbocycles. The van der Waals surface area contributed by atoms with Gasteiger partial charge in [-0.2, -0.15) is 0 Å². The number of aliphatic hydroxyl groups is 1. The van der Waals surface area contributed by atoms with Crippen molar-refractivity contribution in [2.24, 2.45) is 0 Å². The molecule has 0 aliphatic heterocycles. The van der Waals surface area contributed by atoms with Crippen LogP contribution < -0.4 is 0 Å². The molecule has 2 atom stereocenters. The van der Waals surface area contributed by atoms with E-state index >= 15 is 0 Å². The lowest BCUT2D eigenvalue weighted by Gasteiger charge is -2.40. The SMILES string of the molecule is C=C/C(C)=C/C[C@@H](O[Si](C)(C)C(C)(C)C)[C@H](C)O. The summed E-state index contributed by atoms with van der Waals surface area (Å²) in [4.78, 5) is 0. The van der Waals surface area contributed by atoms with E-state index in [1.54, 1.807) is 6.92 Å². The first-order valence-corrected chi connectivity index (χ1v) is 9.57. The maximum absolute atomic E-state index is 9.87. The monoisotopic (exact) mass is 270 g/mol. The van der Waals surface area contributed by atoms with E-state index in [0.717, 1.165) is 12.0 Å². The molecule has 3 heteroatoms. The highest BCUT2D eigenvalue weighted by atomic mass is 28.4. The fourth-order valence-electron chi connectivity index (χ4n) is 1.28. The molecule has 0 aromatic rings. The van der Waals surface area contributed by atoms with Crippen molar-refractivity contribution in [2.75, 3.05) is 0 Å². The van der Waals surface area contributed by atoms with Gasteiger partial charge in [0.1, 0.15) is 0 Å². The van der Waals surface area contributed by atoms with Crippen LogP contribution in [0.4, 0.5) is 0 Å². The molecule has 0 unspecified atom stereocenters. The van der Waals surface area contributed by atoms with Gasteiger partial charge >= 0.3 is 0 Å². The quantitative estimate of drug-likeness (QED) is 0.576. The van der Waals surface area contributed by atoms with Crippen molar-refractivity contribution in [3.05, 3.63) is 24.3 Å². The molecule has 0 fully saturated rings. The Labute approximate surface area is 114 Å². The number of hydrogen-bond acceptors (Lipinski definition) is 2. The van der Waals surface area contributed by atoms with Gasteiger partial charge in [0.25, 0.3) is 0 Å². The molecular weight excluding hydrogens is 240 g/mol. The molecule has 1 N–H and O–H groups in total. The first-order chi connectivity index (χ1) is 8.01. The van der Waals surface area contributed by atoms with Crippen LogP contribution in [-0.2, 0) is 4.43 Å². The molecule has 2 nitrogen and oxygen atoms in total. The highest BCUT2D eigenvalue weighted by Gasteiger charge is 2.39. The summed E-state index contributed by atoms with van der Waals surface area (Å²) in [5.74, 6) is 0. The molecule has 0 saturated heterocycles. The summed E-state index contributed by atoms with van der Waals surface area (Å²) in [5.41, 5.74) is 1.12. The molecule has 0 amide bonds. The van der Waals surface area contributed by atoms with Crippen molar-refractivity contribution < 1.29 is 9.53 Å². The van der Waals surface area contributed by atoms with Crippen LogP contribution in [0, 0.1) is 0 Å². The normalized spacial score (nSPS) is 17.4. The molecular formula is C15H30O2Si. The average molecular weight is 270 g/mol. The van der Waals surface area contributed by atoms with Crippen LogP contribution in [0.1, 0.15) is 41.0 Å². The van der Waals surface area contributed by atoms with E-state index in [1.807, 2.05) is 13.0 Å². The third-order valence-electron chi connectivity index (χ3n) is 3.78. The van der Waals surface area contributed by atoms with Gasteiger partial charge in [-0.3, -0.25) is 0 Å². The number of aliphatic hydroxyl groups excluding tert-OH is 1. The van der Waals surface area contributed by atoms with Gasteiger partial charge in [0, 0.05) is 0 Å². The fraction of sp³-hybridized carbons (Fsp3) is 0.733. The lowest BCUT2D eigenvalue weighted by molar-refractivity contribution is 0.0413. The Hall–Kier alpha value is -0.383. The minimum Gasteiger partial charge on any atom is -0.411 e. The Kier molecular flexibility index (Phi) is 6.55. The molecule has 0 rings (SSSR count). The van der Waals surface area contributed by atoms with Gasteiger partial charge in [-0.25, -0.2) is 0 Å². The van der Waals surface area contributed by atoms with Gasteiger partial charge in [0.2, 0.25) is 0 Å². The van der Waals surface area contributed by atoms with Crippen LogP contribution in [0.15, 0.2) is 24.3 Å². The summed E-state index contributed by atoms with van der Waals surface area (Å²) < 4.78 is 6.27. The van der Waals surface area contributed by atoms with Crippen molar-refractivity contribution in [1.82, 2.24) is 0 Å². The summed E-state index contributed by atoms with van der Waals surface area (Å²) in [7, 11) is -1.83. The molecule has 0 bridgehead atoms. The second-order valence-electron chi connectivity index (χ2n) is 6.55. The predicted octanol–water partition coefficient (Wildman–Crippen LogP) is 4.28. The van der Waals surface area contributed by atoms with E-state index < -0.39 is 14.4 Å². The summed E-state index contributed by atoms with van der Waals surface area (Å²) in [6.07, 6.45) is 4.07. The van der Waals surface area contributed by atoms with E-state index in [2.05, 4.69) is 46.5 Å². The smallest absolute Gasteiger partial charge is 0.192 e. The summed E-state index contributed by atoms with van der Waals surface area (Å²) in [6, 6.07) is 0. The molecule has 0 aromatic heterocycles. The number of allylic oxidation sites excluding steroid dienone is 2. The molecule has 106 valence electrons. The van der Waals surface area contributed by atoms with Crippen molar-refractivity contribution >= 4 is 8.32 Å². The summed E-state index contributed by atoms with van der Waals surface area (Å²) >= 11 is 0. The minimum absolute atomic E-state index is 0.124. The van der Waals surface area contributed by atoms with E-state index in [9.17, 15) is 5.11 Å². The maximum Gasteiger partial charge on any atom is 0.192 e. The number of rotatable bonds is 6. The maximum atomic E-state index is 9.87. The summed E-state index contributed by atoms with van der Waals surface area (Å²) in [5, 5.41) is 10.0. The minimum atomic E-state index is -1.83. The standard InChI is InChI=1S/C15H30O2Si/c1-9-12(2)10-11-14(13(3)16)17-18(7,8)15(4,5)6/h9-10,13-14,16H,1,11H2,2-8H3/b12-10+/t13-,14+/m0/s1. The highest BCUT2D eigenvalue weighted by Crippen LogP contribution is 2.38. The molecule has 0 aliphatic rings. The third-order valence-corrected chi connectivity index (χ3v) is 8.29. The van der Waals surface area contributed by atoms with E-state index in [4.69, 9.17) is 4.43 Å². The van der Waals surface area contributed by atoms with Crippen LogP contribution in [0.3, 0.4) is 0 Å². The zero-order chi connectivity index (χ0) is 14.6. The zero-order valence-corrected chi connectivity index (χ0v) is 14.1. The van der Waals surface area contributed by atoms with Crippen molar-refractivity contribution in [2.45, 2.75) is 71.4 Å². The van der Waals surface area contributed by atoms with Gasteiger partial charge in [0.05, 0.1) is 12.2 Å².